The molecule has 2 saturated heterocycles. The molecule has 2 heterocycles. The molecule has 0 aromatic heterocycles. The van der Waals surface area contributed by atoms with Crippen molar-refractivity contribution in [2.75, 3.05) is 57.8 Å². The van der Waals surface area contributed by atoms with Gasteiger partial charge in [0.15, 0.2) is 5.96 Å². The van der Waals surface area contributed by atoms with Crippen molar-refractivity contribution in [3.8, 4) is 0 Å². The van der Waals surface area contributed by atoms with Gasteiger partial charge in [-0.15, -0.1) is 0 Å². The fourth-order valence-corrected chi connectivity index (χ4v) is 3.54. The minimum absolute atomic E-state index is 0.690. The molecule has 1 aromatic rings. The third kappa shape index (κ3) is 4.54. The second-order valence-electron chi connectivity index (χ2n) is 6.90. The summed E-state index contributed by atoms with van der Waals surface area (Å²) >= 11 is 5.96. The van der Waals surface area contributed by atoms with Gasteiger partial charge in [-0.25, -0.2) is 0 Å². The molecular formula is C18H28ClN5. The summed E-state index contributed by atoms with van der Waals surface area (Å²) in [5.41, 5.74) is 7.45. The Labute approximate surface area is 150 Å². The number of piperazine rings is 1. The number of benzene rings is 1. The van der Waals surface area contributed by atoms with E-state index in [0.717, 1.165) is 37.7 Å². The molecule has 0 spiro atoms. The van der Waals surface area contributed by atoms with E-state index in [4.69, 9.17) is 17.3 Å². The molecule has 2 aliphatic heterocycles. The Balaban J connectivity index is 1.47. The van der Waals surface area contributed by atoms with Gasteiger partial charge in [-0.1, -0.05) is 11.6 Å². The van der Waals surface area contributed by atoms with E-state index < -0.39 is 0 Å². The first-order valence-corrected chi connectivity index (χ1v) is 9.23. The number of hydrogen-bond acceptors (Lipinski definition) is 3. The lowest BCUT2D eigenvalue weighted by molar-refractivity contribution is 0.223. The van der Waals surface area contributed by atoms with E-state index in [1.54, 1.807) is 0 Å². The average molecular weight is 350 g/mol. The number of piperidine rings is 1. The van der Waals surface area contributed by atoms with Crippen molar-refractivity contribution in [1.82, 2.24) is 9.80 Å². The van der Waals surface area contributed by atoms with Crippen molar-refractivity contribution in [3.63, 3.8) is 0 Å². The summed E-state index contributed by atoms with van der Waals surface area (Å²) in [6, 6.07) is 8.05. The monoisotopic (exact) mass is 349 g/mol. The van der Waals surface area contributed by atoms with Crippen LogP contribution in [0, 0.1) is 5.92 Å². The SMILES string of the molecule is CN1CCC(CN=C(N)N2CCN(c3ccc(Cl)cc3)CC2)CC1. The van der Waals surface area contributed by atoms with Crippen molar-refractivity contribution >= 4 is 23.2 Å². The van der Waals surface area contributed by atoms with Gasteiger partial charge in [-0.3, -0.25) is 4.99 Å². The van der Waals surface area contributed by atoms with Gasteiger partial charge in [0.1, 0.15) is 0 Å². The van der Waals surface area contributed by atoms with Crippen LogP contribution in [0.3, 0.4) is 0 Å². The lowest BCUT2D eigenvalue weighted by Crippen LogP contribution is -2.51. The normalized spacial score (nSPS) is 21.3. The highest BCUT2D eigenvalue weighted by Gasteiger charge is 2.20. The number of guanidine groups is 1. The van der Waals surface area contributed by atoms with E-state index in [2.05, 4.69) is 38.9 Å². The van der Waals surface area contributed by atoms with Crippen LogP contribution in [-0.2, 0) is 0 Å². The van der Waals surface area contributed by atoms with Crippen LogP contribution < -0.4 is 10.6 Å². The van der Waals surface area contributed by atoms with Crippen LogP contribution in [0.2, 0.25) is 5.02 Å². The lowest BCUT2D eigenvalue weighted by Gasteiger charge is -2.37. The summed E-state index contributed by atoms with van der Waals surface area (Å²) in [5, 5.41) is 0.780. The summed E-state index contributed by atoms with van der Waals surface area (Å²) in [7, 11) is 2.19. The quantitative estimate of drug-likeness (QED) is 0.670. The van der Waals surface area contributed by atoms with E-state index in [9.17, 15) is 0 Å². The molecule has 0 bridgehead atoms. The number of rotatable bonds is 3. The highest BCUT2D eigenvalue weighted by Crippen LogP contribution is 2.20. The van der Waals surface area contributed by atoms with Gasteiger partial charge in [-0.2, -0.15) is 0 Å². The molecule has 0 unspecified atom stereocenters. The molecule has 0 saturated carbocycles. The van der Waals surface area contributed by atoms with Crippen LogP contribution in [0.25, 0.3) is 0 Å². The highest BCUT2D eigenvalue weighted by atomic mass is 35.5. The summed E-state index contributed by atoms with van der Waals surface area (Å²) < 4.78 is 0. The van der Waals surface area contributed by atoms with Crippen molar-refractivity contribution in [1.29, 1.82) is 0 Å². The van der Waals surface area contributed by atoms with Crippen LogP contribution in [0.4, 0.5) is 5.69 Å². The first-order chi connectivity index (χ1) is 11.6. The Hall–Kier alpha value is -1.46. The van der Waals surface area contributed by atoms with Crippen molar-refractivity contribution in [3.05, 3.63) is 29.3 Å². The van der Waals surface area contributed by atoms with Crippen LogP contribution >= 0.6 is 11.6 Å². The molecule has 2 fully saturated rings. The zero-order valence-electron chi connectivity index (χ0n) is 14.5. The molecule has 0 atom stereocenters. The standard InChI is InChI=1S/C18H28ClN5/c1-22-8-6-15(7-9-22)14-21-18(20)24-12-10-23(11-13-24)17-4-2-16(19)3-5-17/h2-5,15H,6-14H2,1H3,(H2,20,21). The molecular weight excluding hydrogens is 322 g/mol. The molecule has 5 nitrogen and oxygen atoms in total. The summed E-state index contributed by atoms with van der Waals surface area (Å²) in [6.07, 6.45) is 2.47. The third-order valence-electron chi connectivity index (χ3n) is 5.15. The van der Waals surface area contributed by atoms with Crippen molar-refractivity contribution < 1.29 is 0 Å². The topological polar surface area (TPSA) is 48.1 Å². The number of aliphatic imine (C=N–C) groups is 1. The maximum absolute atomic E-state index is 6.23. The fraction of sp³-hybridized carbons (Fsp3) is 0.611. The first-order valence-electron chi connectivity index (χ1n) is 8.86. The van der Waals surface area contributed by atoms with Gasteiger partial charge < -0.3 is 20.4 Å². The second kappa shape index (κ2) is 8.08. The zero-order chi connectivity index (χ0) is 16.9. The van der Waals surface area contributed by atoms with Crippen molar-refractivity contribution in [2.24, 2.45) is 16.6 Å². The largest absolute Gasteiger partial charge is 0.370 e. The van der Waals surface area contributed by atoms with Gasteiger partial charge >= 0.3 is 0 Å². The molecule has 3 rings (SSSR count). The number of nitrogens with two attached hydrogens (primary N) is 1. The molecule has 1 aromatic carbocycles. The van der Waals surface area contributed by atoms with Gasteiger partial charge in [0.2, 0.25) is 0 Å². The number of halogens is 1. The van der Waals surface area contributed by atoms with Crippen molar-refractivity contribution in [2.45, 2.75) is 12.8 Å². The predicted octanol–water partition coefficient (Wildman–Crippen LogP) is 2.12. The van der Waals surface area contributed by atoms with Crippen LogP contribution in [0.15, 0.2) is 29.3 Å². The van der Waals surface area contributed by atoms with Gasteiger partial charge in [0, 0.05) is 43.4 Å². The van der Waals surface area contributed by atoms with Gasteiger partial charge in [0.05, 0.1) is 0 Å². The summed E-state index contributed by atoms with van der Waals surface area (Å²) in [4.78, 5) is 11.6. The summed E-state index contributed by atoms with van der Waals surface area (Å²) in [5.74, 6) is 1.40. The number of likely N-dealkylation sites (tertiary alicyclic amines) is 1. The molecule has 132 valence electrons. The molecule has 2 aliphatic rings. The Kier molecular flexibility index (Phi) is 5.85. The number of nitrogens with zero attached hydrogens (tertiary/aromatic N) is 4. The third-order valence-corrected chi connectivity index (χ3v) is 5.40. The number of anilines is 1. The molecule has 0 radical (unpaired) electrons. The van der Waals surface area contributed by atoms with E-state index in [-0.39, 0.29) is 0 Å². The first kappa shape index (κ1) is 17.4. The smallest absolute Gasteiger partial charge is 0.191 e. The Morgan fingerprint density at radius 1 is 1.08 bits per heavy atom. The minimum atomic E-state index is 0.690. The van der Waals surface area contributed by atoms with Crippen LogP contribution in [0.1, 0.15) is 12.8 Å². The molecule has 2 N–H and O–H groups in total. The Morgan fingerprint density at radius 3 is 2.33 bits per heavy atom. The average Bonchev–Trinajstić information content (AvgIpc) is 2.62. The highest BCUT2D eigenvalue weighted by molar-refractivity contribution is 6.30. The van der Waals surface area contributed by atoms with Gasteiger partial charge in [0.25, 0.3) is 0 Å². The van der Waals surface area contributed by atoms with E-state index >= 15 is 0 Å². The maximum atomic E-state index is 6.23. The van der Waals surface area contributed by atoms with Crippen LogP contribution in [-0.4, -0.2) is 68.6 Å². The molecule has 0 aliphatic carbocycles. The van der Waals surface area contributed by atoms with E-state index in [0.29, 0.717) is 11.9 Å². The van der Waals surface area contributed by atoms with Crippen LogP contribution in [0.5, 0.6) is 0 Å². The van der Waals surface area contributed by atoms with Gasteiger partial charge in [-0.05, 0) is 63.2 Å². The second-order valence-corrected chi connectivity index (χ2v) is 7.33. The number of hydrogen-bond donors (Lipinski definition) is 1. The Morgan fingerprint density at radius 2 is 1.71 bits per heavy atom. The Bertz CT molecular complexity index is 543. The maximum Gasteiger partial charge on any atom is 0.191 e. The fourth-order valence-electron chi connectivity index (χ4n) is 3.41. The molecule has 6 heteroatoms. The molecule has 24 heavy (non-hydrogen) atoms. The molecule has 0 amide bonds. The predicted molar refractivity (Wildman–Crippen MR) is 102 cm³/mol. The van der Waals surface area contributed by atoms with E-state index in [1.807, 2.05) is 12.1 Å². The zero-order valence-corrected chi connectivity index (χ0v) is 15.3. The minimum Gasteiger partial charge on any atom is -0.370 e. The summed E-state index contributed by atoms with van der Waals surface area (Å²) in [6.45, 7) is 7.01. The lowest BCUT2D eigenvalue weighted by atomic mass is 9.97. The van der Waals surface area contributed by atoms with E-state index in [1.165, 1.54) is 31.6 Å².